The molecule has 2 N–H and O–H groups in total. The normalized spacial score (nSPS) is 11.1. The summed E-state index contributed by atoms with van der Waals surface area (Å²) >= 11 is 0. The van der Waals surface area contributed by atoms with Gasteiger partial charge >= 0.3 is 5.97 Å². The molecule has 0 fully saturated rings. The van der Waals surface area contributed by atoms with Gasteiger partial charge in [-0.1, -0.05) is 25.1 Å². The molecule has 2 aromatic carbocycles. The van der Waals surface area contributed by atoms with Crippen LogP contribution >= 0.6 is 0 Å². The van der Waals surface area contributed by atoms with Crippen LogP contribution in [0.4, 0.5) is 11.4 Å². The fourth-order valence-corrected chi connectivity index (χ4v) is 2.93. The van der Waals surface area contributed by atoms with Gasteiger partial charge < -0.3 is 10.4 Å². The van der Waals surface area contributed by atoms with Gasteiger partial charge in [-0.25, -0.2) is 13.2 Å². The molecule has 0 spiro atoms. The van der Waals surface area contributed by atoms with E-state index in [0.29, 0.717) is 11.4 Å². The summed E-state index contributed by atoms with van der Waals surface area (Å²) in [6, 6.07) is 12.8. The standard InChI is InChI=1S/C15H15NO4S/c1-2-21(19,20)14-9-4-3-8-13(14)16-12-7-5-6-11(10-12)15(17)18/h3-10,16H,2H2,1H3,(H,17,18). The molecule has 2 rings (SSSR count). The lowest BCUT2D eigenvalue weighted by molar-refractivity contribution is 0.0697. The molecule has 110 valence electrons. The number of hydrogen-bond acceptors (Lipinski definition) is 4. The van der Waals surface area contributed by atoms with Crippen LogP contribution in [0.2, 0.25) is 0 Å². The molecular weight excluding hydrogens is 290 g/mol. The molecule has 0 bridgehead atoms. The number of carboxylic acid groups (broad SMARTS) is 1. The number of para-hydroxylation sites is 1. The Labute approximate surface area is 123 Å². The van der Waals surface area contributed by atoms with E-state index >= 15 is 0 Å². The van der Waals surface area contributed by atoms with Crippen molar-refractivity contribution in [3.05, 3.63) is 54.1 Å². The Morgan fingerprint density at radius 1 is 1.14 bits per heavy atom. The number of hydrogen-bond donors (Lipinski definition) is 2. The molecule has 0 unspecified atom stereocenters. The van der Waals surface area contributed by atoms with Crippen LogP contribution in [0, 0.1) is 0 Å². The second-order valence-corrected chi connectivity index (χ2v) is 6.66. The van der Waals surface area contributed by atoms with Crippen LogP contribution in [0.3, 0.4) is 0 Å². The van der Waals surface area contributed by atoms with E-state index in [1.807, 2.05) is 0 Å². The Kier molecular flexibility index (Phi) is 4.28. The maximum absolute atomic E-state index is 12.1. The van der Waals surface area contributed by atoms with Gasteiger partial charge in [-0.2, -0.15) is 0 Å². The number of aromatic carboxylic acids is 1. The third kappa shape index (κ3) is 3.41. The summed E-state index contributed by atoms with van der Waals surface area (Å²) in [4.78, 5) is 11.2. The summed E-state index contributed by atoms with van der Waals surface area (Å²) in [7, 11) is -3.35. The summed E-state index contributed by atoms with van der Waals surface area (Å²) in [6.07, 6.45) is 0. The van der Waals surface area contributed by atoms with E-state index < -0.39 is 15.8 Å². The summed E-state index contributed by atoms with van der Waals surface area (Å²) < 4.78 is 24.1. The second-order valence-electron chi connectivity index (χ2n) is 4.41. The Balaban J connectivity index is 2.41. The van der Waals surface area contributed by atoms with Gasteiger partial charge in [-0.15, -0.1) is 0 Å². The van der Waals surface area contributed by atoms with Gasteiger partial charge in [0.25, 0.3) is 0 Å². The largest absolute Gasteiger partial charge is 0.478 e. The Morgan fingerprint density at radius 2 is 1.86 bits per heavy atom. The van der Waals surface area contributed by atoms with Crippen molar-refractivity contribution in [2.75, 3.05) is 11.1 Å². The van der Waals surface area contributed by atoms with E-state index in [9.17, 15) is 13.2 Å². The highest BCUT2D eigenvalue weighted by molar-refractivity contribution is 7.91. The smallest absolute Gasteiger partial charge is 0.335 e. The maximum atomic E-state index is 12.1. The molecule has 6 heteroatoms. The van der Waals surface area contributed by atoms with E-state index in [0.717, 1.165) is 0 Å². The Hall–Kier alpha value is -2.34. The molecule has 0 amide bonds. The zero-order chi connectivity index (χ0) is 15.5. The van der Waals surface area contributed by atoms with Gasteiger partial charge in [0, 0.05) is 5.69 Å². The van der Waals surface area contributed by atoms with Crippen molar-refractivity contribution in [2.24, 2.45) is 0 Å². The number of nitrogens with one attached hydrogen (secondary N) is 1. The molecule has 0 aliphatic heterocycles. The first kappa shape index (κ1) is 15.1. The zero-order valence-electron chi connectivity index (χ0n) is 11.4. The molecule has 21 heavy (non-hydrogen) atoms. The van der Waals surface area contributed by atoms with Gasteiger partial charge in [-0.3, -0.25) is 0 Å². The van der Waals surface area contributed by atoms with Crippen molar-refractivity contribution in [1.29, 1.82) is 0 Å². The van der Waals surface area contributed by atoms with Crippen molar-refractivity contribution in [2.45, 2.75) is 11.8 Å². The van der Waals surface area contributed by atoms with Crippen LogP contribution in [0.15, 0.2) is 53.4 Å². The number of rotatable bonds is 5. The van der Waals surface area contributed by atoms with Crippen LogP contribution in [-0.2, 0) is 9.84 Å². The van der Waals surface area contributed by atoms with Gasteiger partial charge in [-0.05, 0) is 30.3 Å². The van der Waals surface area contributed by atoms with E-state index in [1.165, 1.54) is 18.2 Å². The molecular formula is C15H15NO4S. The SMILES string of the molecule is CCS(=O)(=O)c1ccccc1Nc1cccc(C(=O)O)c1. The Bertz CT molecular complexity index is 769. The lowest BCUT2D eigenvalue weighted by Gasteiger charge is -2.12. The number of anilines is 2. The summed E-state index contributed by atoms with van der Waals surface area (Å²) in [5.41, 5.74) is 1.09. The molecule has 0 radical (unpaired) electrons. The average Bonchev–Trinajstić information content (AvgIpc) is 2.48. The van der Waals surface area contributed by atoms with Crippen LogP contribution in [-0.4, -0.2) is 25.2 Å². The predicted molar refractivity (Wildman–Crippen MR) is 80.9 cm³/mol. The topological polar surface area (TPSA) is 83.5 Å². The molecule has 0 aliphatic rings. The van der Waals surface area contributed by atoms with Crippen LogP contribution < -0.4 is 5.32 Å². The third-order valence-corrected chi connectivity index (χ3v) is 4.78. The number of carboxylic acids is 1. The fraction of sp³-hybridized carbons (Fsp3) is 0.133. The van der Waals surface area contributed by atoms with E-state index in [2.05, 4.69) is 5.32 Å². The first-order valence-corrected chi connectivity index (χ1v) is 8.01. The lowest BCUT2D eigenvalue weighted by Crippen LogP contribution is -2.07. The van der Waals surface area contributed by atoms with Gasteiger partial charge in [0.05, 0.1) is 21.9 Å². The van der Waals surface area contributed by atoms with E-state index in [1.54, 1.807) is 37.3 Å². The molecule has 0 aliphatic carbocycles. The molecule has 0 heterocycles. The second kappa shape index (κ2) is 5.97. The number of benzene rings is 2. The van der Waals surface area contributed by atoms with Crippen LogP contribution in [0.25, 0.3) is 0 Å². The van der Waals surface area contributed by atoms with Gasteiger partial charge in [0.15, 0.2) is 9.84 Å². The number of carbonyl (C=O) groups is 1. The highest BCUT2D eigenvalue weighted by Gasteiger charge is 2.16. The van der Waals surface area contributed by atoms with Crippen LogP contribution in [0.1, 0.15) is 17.3 Å². The first-order chi connectivity index (χ1) is 9.94. The fourth-order valence-electron chi connectivity index (χ4n) is 1.88. The van der Waals surface area contributed by atoms with Crippen molar-refractivity contribution < 1.29 is 18.3 Å². The molecule has 5 nitrogen and oxygen atoms in total. The van der Waals surface area contributed by atoms with E-state index in [4.69, 9.17) is 5.11 Å². The molecule has 0 saturated heterocycles. The maximum Gasteiger partial charge on any atom is 0.335 e. The number of sulfone groups is 1. The van der Waals surface area contributed by atoms with Crippen molar-refractivity contribution >= 4 is 27.2 Å². The van der Waals surface area contributed by atoms with Gasteiger partial charge in [0.1, 0.15) is 0 Å². The Morgan fingerprint density at radius 3 is 2.52 bits per heavy atom. The van der Waals surface area contributed by atoms with Crippen molar-refractivity contribution in [3.8, 4) is 0 Å². The van der Waals surface area contributed by atoms with Crippen molar-refractivity contribution in [1.82, 2.24) is 0 Å². The van der Waals surface area contributed by atoms with Gasteiger partial charge in [0.2, 0.25) is 0 Å². The first-order valence-electron chi connectivity index (χ1n) is 6.36. The zero-order valence-corrected chi connectivity index (χ0v) is 12.2. The molecule has 0 saturated carbocycles. The van der Waals surface area contributed by atoms with E-state index in [-0.39, 0.29) is 16.2 Å². The quantitative estimate of drug-likeness (QED) is 0.887. The minimum atomic E-state index is -3.35. The summed E-state index contributed by atoms with van der Waals surface area (Å²) in [5.74, 6) is -1.03. The third-order valence-electron chi connectivity index (χ3n) is 2.99. The molecule has 0 aromatic heterocycles. The molecule has 0 atom stereocenters. The summed E-state index contributed by atoms with van der Waals surface area (Å²) in [6.45, 7) is 1.58. The van der Waals surface area contributed by atoms with Crippen LogP contribution in [0.5, 0.6) is 0 Å². The lowest BCUT2D eigenvalue weighted by atomic mass is 10.2. The minimum absolute atomic E-state index is 0.000852. The van der Waals surface area contributed by atoms with Crippen molar-refractivity contribution in [3.63, 3.8) is 0 Å². The highest BCUT2D eigenvalue weighted by Crippen LogP contribution is 2.26. The monoisotopic (exact) mass is 305 g/mol. The summed E-state index contributed by atoms with van der Waals surface area (Å²) in [5, 5.41) is 11.9. The minimum Gasteiger partial charge on any atom is -0.478 e. The highest BCUT2D eigenvalue weighted by atomic mass is 32.2. The predicted octanol–water partition coefficient (Wildman–Crippen LogP) is 2.92. The average molecular weight is 305 g/mol. The molecule has 2 aromatic rings.